The van der Waals surface area contributed by atoms with Gasteiger partial charge in [0.05, 0.1) is 12.3 Å². The summed E-state index contributed by atoms with van der Waals surface area (Å²) in [5.41, 5.74) is 3.19. The van der Waals surface area contributed by atoms with Crippen LogP contribution in [0.25, 0.3) is 22.0 Å². The smallest absolute Gasteiger partial charge is 0.142 e. The van der Waals surface area contributed by atoms with Crippen molar-refractivity contribution in [3.8, 4) is 11.3 Å². The van der Waals surface area contributed by atoms with Crippen LogP contribution in [-0.2, 0) is 17.8 Å². The van der Waals surface area contributed by atoms with E-state index >= 15 is 0 Å². The highest BCUT2D eigenvalue weighted by Crippen LogP contribution is 2.24. The zero-order valence-corrected chi connectivity index (χ0v) is 16.0. The molecule has 0 aromatic carbocycles. The zero-order chi connectivity index (χ0) is 19.5. The molecule has 0 saturated carbocycles. The predicted molar refractivity (Wildman–Crippen MR) is 108 cm³/mol. The van der Waals surface area contributed by atoms with Crippen LogP contribution in [0, 0.1) is 5.92 Å². The van der Waals surface area contributed by atoms with Crippen LogP contribution in [0.2, 0.25) is 0 Å². The van der Waals surface area contributed by atoms with E-state index < -0.39 is 0 Å². The Bertz CT molecular complexity index is 997. The molecule has 0 atom stereocenters. The van der Waals surface area contributed by atoms with E-state index in [1.165, 1.54) is 0 Å². The van der Waals surface area contributed by atoms with Gasteiger partial charge in [-0.3, -0.25) is 19.7 Å². The lowest BCUT2D eigenvalue weighted by Crippen LogP contribution is -2.34. The average Bonchev–Trinajstić information content (AvgIpc) is 2.73. The zero-order valence-electron chi connectivity index (χ0n) is 16.0. The quantitative estimate of drug-likeness (QED) is 0.737. The Kier molecular flexibility index (Phi) is 5.41. The van der Waals surface area contributed by atoms with E-state index in [1.54, 1.807) is 24.8 Å². The Morgan fingerprint density at radius 2 is 1.86 bits per heavy atom. The third-order valence-electron chi connectivity index (χ3n) is 5.46. The number of carbonyl (C=O) groups is 1. The molecule has 0 amide bonds. The molecule has 0 bridgehead atoms. The number of pyridine rings is 3. The van der Waals surface area contributed by atoms with Gasteiger partial charge in [0, 0.05) is 53.8 Å². The summed E-state index contributed by atoms with van der Waals surface area (Å²) in [7, 11) is 2.10. The molecule has 6 nitrogen and oxygen atoms in total. The van der Waals surface area contributed by atoms with Gasteiger partial charge in [-0.05, 0) is 62.1 Å². The molecule has 3 aromatic rings. The number of nitrogens with zero attached hydrogens (tertiary/aromatic N) is 4. The molecule has 1 aliphatic rings. The first-order valence-electron chi connectivity index (χ1n) is 9.63. The number of aliphatic hydroxyl groups excluding tert-OH is 1. The molecule has 1 N–H and O–H groups in total. The molecule has 4 rings (SSSR count). The van der Waals surface area contributed by atoms with E-state index in [2.05, 4.69) is 26.9 Å². The van der Waals surface area contributed by atoms with E-state index in [-0.39, 0.29) is 18.3 Å². The molecular weight excluding hydrogens is 352 g/mol. The van der Waals surface area contributed by atoms with Gasteiger partial charge in [0.25, 0.3) is 0 Å². The first-order chi connectivity index (χ1) is 13.6. The minimum atomic E-state index is -0.0540. The monoisotopic (exact) mass is 376 g/mol. The highest BCUT2D eigenvalue weighted by atomic mass is 16.3. The number of fused-ring (bicyclic) bond motifs is 1. The summed E-state index contributed by atoms with van der Waals surface area (Å²) in [5, 5.41) is 11.3. The highest BCUT2D eigenvalue weighted by molar-refractivity contribution is 5.87. The molecule has 0 unspecified atom stereocenters. The van der Waals surface area contributed by atoms with Gasteiger partial charge in [0.1, 0.15) is 5.78 Å². The second kappa shape index (κ2) is 8.12. The standard InChI is InChI=1S/C22H24N4O2/c1-26-4-2-16(3-5-26)22(28)9-20-7-17-8-21(25-13-19(17)12-24-20)18-6-15(14-27)10-23-11-18/h6-8,10-13,16,27H,2-5,9,14H2,1H3. The number of piperidine rings is 1. The number of rotatable bonds is 5. The Morgan fingerprint density at radius 1 is 1.07 bits per heavy atom. The van der Waals surface area contributed by atoms with Crippen molar-refractivity contribution in [2.24, 2.45) is 5.92 Å². The fourth-order valence-electron chi connectivity index (χ4n) is 3.71. The van der Waals surface area contributed by atoms with Gasteiger partial charge in [-0.15, -0.1) is 0 Å². The molecule has 0 radical (unpaired) electrons. The van der Waals surface area contributed by atoms with Crippen LogP contribution in [0.15, 0.2) is 43.0 Å². The summed E-state index contributed by atoms with van der Waals surface area (Å²) in [6, 6.07) is 5.85. The van der Waals surface area contributed by atoms with Crippen molar-refractivity contribution in [1.29, 1.82) is 0 Å². The predicted octanol–water partition coefficient (Wildman–Crippen LogP) is 2.64. The second-order valence-electron chi connectivity index (χ2n) is 7.55. The van der Waals surface area contributed by atoms with Crippen LogP contribution in [0.3, 0.4) is 0 Å². The maximum atomic E-state index is 12.7. The van der Waals surface area contributed by atoms with Crippen molar-refractivity contribution in [3.63, 3.8) is 0 Å². The van der Waals surface area contributed by atoms with Crippen molar-refractivity contribution < 1.29 is 9.90 Å². The third-order valence-corrected chi connectivity index (χ3v) is 5.46. The van der Waals surface area contributed by atoms with Gasteiger partial charge in [0.15, 0.2) is 0 Å². The fourth-order valence-corrected chi connectivity index (χ4v) is 3.71. The van der Waals surface area contributed by atoms with Crippen molar-refractivity contribution in [2.75, 3.05) is 20.1 Å². The first kappa shape index (κ1) is 18.7. The normalized spacial score (nSPS) is 15.8. The number of hydrogen-bond donors (Lipinski definition) is 1. The molecule has 0 spiro atoms. The summed E-state index contributed by atoms with van der Waals surface area (Å²) >= 11 is 0. The van der Waals surface area contributed by atoms with Gasteiger partial charge >= 0.3 is 0 Å². The van der Waals surface area contributed by atoms with Crippen molar-refractivity contribution in [1.82, 2.24) is 19.9 Å². The van der Waals surface area contributed by atoms with Crippen LogP contribution in [0.5, 0.6) is 0 Å². The van der Waals surface area contributed by atoms with Gasteiger partial charge in [-0.25, -0.2) is 0 Å². The maximum Gasteiger partial charge on any atom is 0.142 e. The SMILES string of the molecule is CN1CCC(C(=O)Cc2cc3cc(-c4cncc(CO)c4)ncc3cn2)CC1. The summed E-state index contributed by atoms with van der Waals surface area (Å²) in [6.45, 7) is 1.91. The molecule has 144 valence electrons. The van der Waals surface area contributed by atoms with Crippen molar-refractivity contribution in [3.05, 3.63) is 54.2 Å². The Balaban J connectivity index is 1.56. The van der Waals surface area contributed by atoms with E-state index in [0.717, 1.165) is 59.2 Å². The van der Waals surface area contributed by atoms with Gasteiger partial charge in [-0.2, -0.15) is 0 Å². The average molecular weight is 376 g/mol. The number of Topliss-reactive ketones (excluding diaryl/α,β-unsaturated/α-hetero) is 1. The lowest BCUT2D eigenvalue weighted by Gasteiger charge is -2.27. The van der Waals surface area contributed by atoms with Crippen LogP contribution < -0.4 is 0 Å². The molecule has 3 aromatic heterocycles. The van der Waals surface area contributed by atoms with E-state index in [9.17, 15) is 9.90 Å². The fraction of sp³-hybridized carbons (Fsp3) is 0.364. The van der Waals surface area contributed by atoms with Crippen LogP contribution in [0.4, 0.5) is 0 Å². The number of aromatic nitrogens is 3. The number of aliphatic hydroxyl groups is 1. The third kappa shape index (κ3) is 4.08. The highest BCUT2D eigenvalue weighted by Gasteiger charge is 2.23. The maximum absolute atomic E-state index is 12.7. The lowest BCUT2D eigenvalue weighted by molar-refractivity contribution is -0.123. The lowest BCUT2D eigenvalue weighted by atomic mass is 9.90. The summed E-state index contributed by atoms with van der Waals surface area (Å²) in [4.78, 5) is 28.1. The number of likely N-dealkylation sites (tertiary alicyclic amines) is 1. The van der Waals surface area contributed by atoms with E-state index in [0.29, 0.717) is 6.42 Å². The minimum absolute atomic E-state index is 0.0540. The largest absolute Gasteiger partial charge is 0.392 e. The van der Waals surface area contributed by atoms with Gasteiger partial charge in [0.2, 0.25) is 0 Å². The van der Waals surface area contributed by atoms with Crippen LogP contribution in [-0.4, -0.2) is 50.9 Å². The molecular formula is C22H24N4O2. The van der Waals surface area contributed by atoms with Crippen LogP contribution >= 0.6 is 0 Å². The Morgan fingerprint density at radius 3 is 2.64 bits per heavy atom. The molecule has 1 fully saturated rings. The Labute approximate surface area is 164 Å². The topological polar surface area (TPSA) is 79.2 Å². The van der Waals surface area contributed by atoms with Crippen LogP contribution in [0.1, 0.15) is 24.1 Å². The molecule has 1 aliphatic heterocycles. The van der Waals surface area contributed by atoms with Gasteiger partial charge < -0.3 is 10.0 Å². The molecule has 1 saturated heterocycles. The van der Waals surface area contributed by atoms with Crippen molar-refractivity contribution >= 4 is 16.6 Å². The van der Waals surface area contributed by atoms with E-state index in [1.807, 2.05) is 18.2 Å². The molecule has 0 aliphatic carbocycles. The van der Waals surface area contributed by atoms with E-state index in [4.69, 9.17) is 0 Å². The second-order valence-corrected chi connectivity index (χ2v) is 7.55. The molecule has 6 heteroatoms. The molecule has 28 heavy (non-hydrogen) atoms. The summed E-state index contributed by atoms with van der Waals surface area (Å²) in [6.07, 6.45) is 9.19. The summed E-state index contributed by atoms with van der Waals surface area (Å²) < 4.78 is 0. The van der Waals surface area contributed by atoms with Gasteiger partial charge in [-0.1, -0.05) is 0 Å². The van der Waals surface area contributed by atoms with Crippen molar-refractivity contribution in [2.45, 2.75) is 25.9 Å². The first-order valence-corrected chi connectivity index (χ1v) is 9.63. The number of hydrogen-bond acceptors (Lipinski definition) is 6. The number of ketones is 1. The molecule has 4 heterocycles. The summed E-state index contributed by atoms with van der Waals surface area (Å²) in [5.74, 6) is 0.433. The minimum Gasteiger partial charge on any atom is -0.392 e. The number of carbonyl (C=O) groups excluding carboxylic acids is 1. The Hall–Kier alpha value is -2.70.